The van der Waals surface area contributed by atoms with Gasteiger partial charge in [0.1, 0.15) is 5.75 Å². The second-order valence-electron chi connectivity index (χ2n) is 7.98. The van der Waals surface area contributed by atoms with Gasteiger partial charge in [0.15, 0.2) is 0 Å². The third-order valence-corrected chi connectivity index (χ3v) is 5.57. The van der Waals surface area contributed by atoms with Crippen molar-refractivity contribution in [2.45, 2.75) is 46.0 Å². The number of fused-ring (bicyclic) bond motifs is 3. The fourth-order valence-corrected chi connectivity index (χ4v) is 4.14. The summed E-state index contributed by atoms with van der Waals surface area (Å²) >= 11 is 0. The van der Waals surface area contributed by atoms with Crippen molar-refractivity contribution in [1.82, 2.24) is 0 Å². The minimum Gasteiger partial charge on any atom is -0.507 e. The van der Waals surface area contributed by atoms with E-state index in [0.29, 0.717) is 17.6 Å². The van der Waals surface area contributed by atoms with E-state index in [0.717, 1.165) is 17.5 Å². The SMILES string of the molecule is CC(C)c1cc(-c2cccc3c2Cc2ccccc2-3)cc(C(C)C)c1O. The molecule has 26 heavy (non-hydrogen) atoms. The highest BCUT2D eigenvalue weighted by atomic mass is 16.3. The molecule has 4 rings (SSSR count). The summed E-state index contributed by atoms with van der Waals surface area (Å²) in [6.45, 7) is 8.59. The lowest BCUT2D eigenvalue weighted by atomic mass is 9.87. The first kappa shape index (κ1) is 16.9. The Balaban J connectivity index is 1.93. The molecule has 3 aromatic rings. The van der Waals surface area contributed by atoms with Gasteiger partial charge in [-0.25, -0.2) is 0 Å². The van der Waals surface area contributed by atoms with E-state index in [1.807, 2.05) is 0 Å². The maximum atomic E-state index is 10.7. The second-order valence-corrected chi connectivity index (χ2v) is 7.98. The molecule has 0 saturated heterocycles. The molecule has 0 aromatic heterocycles. The Labute approximate surface area is 156 Å². The topological polar surface area (TPSA) is 20.2 Å². The molecule has 0 fully saturated rings. The second kappa shape index (κ2) is 6.32. The van der Waals surface area contributed by atoms with Crippen molar-refractivity contribution in [3.05, 3.63) is 76.9 Å². The van der Waals surface area contributed by atoms with Crippen LogP contribution in [0.25, 0.3) is 22.3 Å². The molecule has 1 N–H and O–H groups in total. The maximum Gasteiger partial charge on any atom is 0.122 e. The Kier molecular flexibility index (Phi) is 4.11. The zero-order valence-corrected chi connectivity index (χ0v) is 16.0. The molecular formula is C25H26O. The molecule has 132 valence electrons. The zero-order valence-electron chi connectivity index (χ0n) is 16.0. The molecule has 0 atom stereocenters. The lowest BCUT2D eigenvalue weighted by Gasteiger charge is -2.19. The fourth-order valence-electron chi connectivity index (χ4n) is 4.14. The normalized spacial score (nSPS) is 12.5. The van der Waals surface area contributed by atoms with E-state index in [9.17, 15) is 5.11 Å². The van der Waals surface area contributed by atoms with Gasteiger partial charge in [0, 0.05) is 0 Å². The van der Waals surface area contributed by atoms with Crippen molar-refractivity contribution >= 4 is 0 Å². The van der Waals surface area contributed by atoms with Gasteiger partial charge in [-0.2, -0.15) is 0 Å². The van der Waals surface area contributed by atoms with Gasteiger partial charge < -0.3 is 5.11 Å². The van der Waals surface area contributed by atoms with Crippen LogP contribution in [-0.4, -0.2) is 5.11 Å². The number of hydrogen-bond acceptors (Lipinski definition) is 1. The molecule has 1 heteroatoms. The Morgan fingerprint density at radius 3 is 1.96 bits per heavy atom. The predicted octanol–water partition coefficient (Wildman–Crippen LogP) is 6.88. The zero-order chi connectivity index (χ0) is 18.4. The van der Waals surface area contributed by atoms with Crippen LogP contribution in [0.5, 0.6) is 5.75 Å². The fraction of sp³-hybridized carbons (Fsp3) is 0.280. The molecule has 3 aromatic carbocycles. The van der Waals surface area contributed by atoms with Crippen LogP contribution < -0.4 is 0 Å². The van der Waals surface area contributed by atoms with Gasteiger partial charge in [0.25, 0.3) is 0 Å². The number of rotatable bonds is 3. The molecule has 0 radical (unpaired) electrons. The minimum atomic E-state index is 0.293. The van der Waals surface area contributed by atoms with E-state index in [1.54, 1.807) is 0 Å². The van der Waals surface area contributed by atoms with Gasteiger partial charge in [-0.05, 0) is 74.9 Å². The van der Waals surface area contributed by atoms with Gasteiger partial charge >= 0.3 is 0 Å². The smallest absolute Gasteiger partial charge is 0.122 e. The number of hydrogen-bond donors (Lipinski definition) is 1. The first-order valence-corrected chi connectivity index (χ1v) is 9.54. The Hall–Kier alpha value is -2.54. The van der Waals surface area contributed by atoms with Gasteiger partial charge in [0.05, 0.1) is 0 Å². The molecule has 0 amide bonds. The van der Waals surface area contributed by atoms with Crippen molar-refractivity contribution < 1.29 is 5.11 Å². The maximum absolute atomic E-state index is 10.7. The highest BCUT2D eigenvalue weighted by molar-refractivity contribution is 5.85. The van der Waals surface area contributed by atoms with Crippen LogP contribution in [-0.2, 0) is 6.42 Å². The van der Waals surface area contributed by atoms with Crippen molar-refractivity contribution in [3.63, 3.8) is 0 Å². The van der Waals surface area contributed by atoms with Crippen LogP contribution in [0.3, 0.4) is 0 Å². The van der Waals surface area contributed by atoms with E-state index in [2.05, 4.69) is 82.3 Å². The van der Waals surface area contributed by atoms with Crippen LogP contribution in [0.15, 0.2) is 54.6 Å². The van der Waals surface area contributed by atoms with Crippen molar-refractivity contribution in [2.75, 3.05) is 0 Å². The first-order valence-electron chi connectivity index (χ1n) is 9.54. The highest BCUT2D eigenvalue weighted by Gasteiger charge is 2.23. The third-order valence-electron chi connectivity index (χ3n) is 5.57. The largest absolute Gasteiger partial charge is 0.507 e. The lowest BCUT2D eigenvalue weighted by Crippen LogP contribution is -1.98. The average Bonchev–Trinajstić information content (AvgIpc) is 3.00. The number of aromatic hydroxyl groups is 1. The highest BCUT2D eigenvalue weighted by Crippen LogP contribution is 2.44. The van der Waals surface area contributed by atoms with Gasteiger partial charge in [-0.15, -0.1) is 0 Å². The summed E-state index contributed by atoms with van der Waals surface area (Å²) in [7, 11) is 0. The third kappa shape index (κ3) is 2.63. The molecule has 0 aliphatic heterocycles. The molecular weight excluding hydrogens is 316 g/mol. The van der Waals surface area contributed by atoms with Gasteiger partial charge in [-0.1, -0.05) is 70.2 Å². The van der Waals surface area contributed by atoms with Crippen LogP contribution in [0.2, 0.25) is 0 Å². The standard InChI is InChI=1S/C25H26O/c1-15(2)22-13-18(14-23(16(3)4)25(22)26)20-10-7-11-21-19-9-6-5-8-17(19)12-24(20)21/h5-11,13-16,26H,12H2,1-4H3. The van der Waals surface area contributed by atoms with E-state index in [1.165, 1.54) is 33.4 Å². The number of phenolic OH excluding ortho intramolecular Hbond substituents is 1. The quantitative estimate of drug-likeness (QED) is 0.430. The summed E-state index contributed by atoms with van der Waals surface area (Å²) in [6, 6.07) is 19.7. The molecule has 1 aliphatic carbocycles. The first-order chi connectivity index (χ1) is 12.5. The summed E-state index contributed by atoms with van der Waals surface area (Å²) in [5.41, 5.74) is 10.1. The van der Waals surface area contributed by atoms with Crippen LogP contribution >= 0.6 is 0 Å². The van der Waals surface area contributed by atoms with Crippen molar-refractivity contribution in [1.29, 1.82) is 0 Å². The van der Waals surface area contributed by atoms with E-state index in [-0.39, 0.29) is 0 Å². The van der Waals surface area contributed by atoms with E-state index < -0.39 is 0 Å². The molecule has 1 aliphatic rings. The molecule has 0 unspecified atom stereocenters. The summed E-state index contributed by atoms with van der Waals surface area (Å²) in [5.74, 6) is 1.05. The molecule has 0 heterocycles. The summed E-state index contributed by atoms with van der Waals surface area (Å²) in [6.07, 6.45) is 0.983. The minimum absolute atomic E-state index is 0.293. The molecule has 0 spiro atoms. The van der Waals surface area contributed by atoms with Crippen LogP contribution in [0.1, 0.15) is 61.8 Å². The average molecular weight is 342 g/mol. The van der Waals surface area contributed by atoms with Crippen LogP contribution in [0.4, 0.5) is 0 Å². The Morgan fingerprint density at radius 1 is 0.731 bits per heavy atom. The summed E-state index contributed by atoms with van der Waals surface area (Å²) in [5, 5.41) is 10.7. The predicted molar refractivity (Wildman–Crippen MR) is 110 cm³/mol. The molecule has 0 bridgehead atoms. The Morgan fingerprint density at radius 2 is 1.31 bits per heavy atom. The van der Waals surface area contributed by atoms with Gasteiger partial charge in [0.2, 0.25) is 0 Å². The number of benzene rings is 3. The van der Waals surface area contributed by atoms with Crippen molar-refractivity contribution in [2.24, 2.45) is 0 Å². The lowest BCUT2D eigenvalue weighted by molar-refractivity contribution is 0.454. The molecule has 1 nitrogen and oxygen atoms in total. The Bertz CT molecular complexity index is 950. The molecule has 0 saturated carbocycles. The van der Waals surface area contributed by atoms with Crippen LogP contribution in [0, 0.1) is 0 Å². The van der Waals surface area contributed by atoms with E-state index in [4.69, 9.17) is 0 Å². The van der Waals surface area contributed by atoms with Gasteiger partial charge in [-0.3, -0.25) is 0 Å². The monoisotopic (exact) mass is 342 g/mol. The number of phenols is 1. The summed E-state index contributed by atoms with van der Waals surface area (Å²) in [4.78, 5) is 0. The summed E-state index contributed by atoms with van der Waals surface area (Å²) < 4.78 is 0. The van der Waals surface area contributed by atoms with E-state index >= 15 is 0 Å². The van der Waals surface area contributed by atoms with Crippen molar-refractivity contribution in [3.8, 4) is 28.0 Å².